The van der Waals surface area contributed by atoms with Crippen LogP contribution in [0.25, 0.3) is 44.2 Å². The minimum Gasteiger partial charge on any atom is -0.0622 e. The second kappa shape index (κ2) is 7.69. The van der Waals surface area contributed by atoms with Crippen molar-refractivity contribution in [3.05, 3.63) is 120 Å². The lowest BCUT2D eigenvalue weighted by molar-refractivity contribution is 1.56. The number of hydrogen-bond donors (Lipinski definition) is 0. The maximum absolute atomic E-state index is 3.72. The lowest BCUT2D eigenvalue weighted by Gasteiger charge is -2.10. The molecule has 0 aliphatic carbocycles. The fraction of sp³-hybridized carbons (Fsp3) is 0. The molecule has 0 nitrogen and oxygen atoms in total. The summed E-state index contributed by atoms with van der Waals surface area (Å²) in [6, 6.07) is 41.1. The standard InChI is InChI=1S/C28H19Br/c29-28-18-26(24-12-6-11-23(15-24)20-7-2-1-3-8-20)17-27(19-28)25-14-13-21-9-4-5-10-22(21)16-25/h1-19H. The zero-order valence-electron chi connectivity index (χ0n) is 15.8. The number of fused-ring (bicyclic) bond motifs is 1. The molecule has 0 spiro atoms. The molecule has 138 valence electrons. The molecular formula is C28H19Br. The molecule has 0 aliphatic rings. The van der Waals surface area contributed by atoms with Gasteiger partial charge in [0.1, 0.15) is 0 Å². The van der Waals surface area contributed by atoms with Crippen LogP contribution in [-0.4, -0.2) is 0 Å². The van der Waals surface area contributed by atoms with Crippen molar-refractivity contribution in [2.75, 3.05) is 0 Å². The highest BCUT2D eigenvalue weighted by Crippen LogP contribution is 2.33. The lowest BCUT2D eigenvalue weighted by atomic mass is 9.95. The van der Waals surface area contributed by atoms with Crippen LogP contribution in [0.15, 0.2) is 120 Å². The van der Waals surface area contributed by atoms with Gasteiger partial charge in [-0.15, -0.1) is 0 Å². The molecule has 1 heteroatoms. The minimum absolute atomic E-state index is 1.09. The van der Waals surface area contributed by atoms with E-state index in [1.54, 1.807) is 0 Å². The van der Waals surface area contributed by atoms with Gasteiger partial charge in [0, 0.05) is 4.47 Å². The normalized spacial score (nSPS) is 10.9. The number of halogens is 1. The molecule has 0 N–H and O–H groups in total. The summed E-state index contributed by atoms with van der Waals surface area (Å²) in [7, 11) is 0. The van der Waals surface area contributed by atoms with Crippen LogP contribution in [0, 0.1) is 0 Å². The predicted octanol–water partition coefficient (Wildman–Crippen LogP) is 8.60. The molecule has 0 fully saturated rings. The molecule has 0 radical (unpaired) electrons. The third-order valence-electron chi connectivity index (χ3n) is 5.28. The molecule has 0 amide bonds. The molecule has 0 heterocycles. The van der Waals surface area contributed by atoms with Crippen molar-refractivity contribution in [2.45, 2.75) is 0 Å². The third kappa shape index (κ3) is 3.74. The summed E-state index contributed by atoms with van der Waals surface area (Å²) in [5, 5.41) is 2.53. The van der Waals surface area contributed by atoms with Gasteiger partial charge in [0.2, 0.25) is 0 Å². The Kier molecular flexibility index (Phi) is 4.75. The van der Waals surface area contributed by atoms with Crippen LogP contribution >= 0.6 is 15.9 Å². The van der Waals surface area contributed by atoms with Crippen LogP contribution in [0.1, 0.15) is 0 Å². The Morgan fingerprint density at radius 2 is 0.897 bits per heavy atom. The second-order valence-corrected chi connectivity index (χ2v) is 8.15. The molecule has 5 aromatic rings. The third-order valence-corrected chi connectivity index (χ3v) is 5.74. The van der Waals surface area contributed by atoms with E-state index in [0.29, 0.717) is 0 Å². The Bertz CT molecular complexity index is 1300. The summed E-state index contributed by atoms with van der Waals surface area (Å²) in [4.78, 5) is 0. The fourth-order valence-electron chi connectivity index (χ4n) is 3.80. The minimum atomic E-state index is 1.09. The molecule has 5 aromatic carbocycles. The van der Waals surface area contributed by atoms with Gasteiger partial charge in [-0.05, 0) is 74.5 Å². The maximum atomic E-state index is 3.72. The highest BCUT2D eigenvalue weighted by molar-refractivity contribution is 9.10. The highest BCUT2D eigenvalue weighted by atomic mass is 79.9. The molecule has 29 heavy (non-hydrogen) atoms. The van der Waals surface area contributed by atoms with Crippen molar-refractivity contribution in [1.82, 2.24) is 0 Å². The van der Waals surface area contributed by atoms with E-state index in [-0.39, 0.29) is 0 Å². The van der Waals surface area contributed by atoms with E-state index in [1.807, 2.05) is 0 Å². The Morgan fingerprint density at radius 1 is 0.345 bits per heavy atom. The van der Waals surface area contributed by atoms with Gasteiger partial charge >= 0.3 is 0 Å². The summed E-state index contributed by atoms with van der Waals surface area (Å²) in [6.07, 6.45) is 0. The Balaban J connectivity index is 1.59. The molecular weight excluding hydrogens is 416 g/mol. The van der Waals surface area contributed by atoms with Gasteiger partial charge in [-0.2, -0.15) is 0 Å². The number of rotatable bonds is 3. The van der Waals surface area contributed by atoms with E-state index in [1.165, 1.54) is 44.2 Å². The van der Waals surface area contributed by atoms with Crippen LogP contribution in [0.2, 0.25) is 0 Å². The van der Waals surface area contributed by atoms with E-state index < -0.39 is 0 Å². The fourth-order valence-corrected chi connectivity index (χ4v) is 4.29. The molecule has 0 saturated heterocycles. The molecule has 0 unspecified atom stereocenters. The highest BCUT2D eigenvalue weighted by Gasteiger charge is 2.07. The van der Waals surface area contributed by atoms with Crippen molar-refractivity contribution in [2.24, 2.45) is 0 Å². The van der Waals surface area contributed by atoms with Crippen molar-refractivity contribution >= 4 is 26.7 Å². The molecule has 0 atom stereocenters. The molecule has 0 saturated carbocycles. The molecule has 0 bridgehead atoms. The summed E-state index contributed by atoms with van der Waals surface area (Å²) in [5.74, 6) is 0. The number of benzene rings is 5. The van der Waals surface area contributed by atoms with Crippen molar-refractivity contribution in [1.29, 1.82) is 0 Å². The van der Waals surface area contributed by atoms with Gasteiger partial charge in [0.05, 0.1) is 0 Å². The first-order chi connectivity index (χ1) is 14.3. The topological polar surface area (TPSA) is 0 Å². The van der Waals surface area contributed by atoms with Crippen LogP contribution in [0.3, 0.4) is 0 Å². The van der Waals surface area contributed by atoms with Crippen molar-refractivity contribution in [3.63, 3.8) is 0 Å². The average Bonchev–Trinajstić information content (AvgIpc) is 2.79. The Hall–Kier alpha value is -3.16. The smallest absolute Gasteiger partial charge is 0.0187 e. The monoisotopic (exact) mass is 434 g/mol. The van der Waals surface area contributed by atoms with E-state index in [4.69, 9.17) is 0 Å². The maximum Gasteiger partial charge on any atom is 0.0187 e. The molecule has 0 aliphatic heterocycles. The van der Waals surface area contributed by atoms with E-state index >= 15 is 0 Å². The largest absolute Gasteiger partial charge is 0.0622 e. The first-order valence-electron chi connectivity index (χ1n) is 9.72. The van der Waals surface area contributed by atoms with Crippen molar-refractivity contribution in [3.8, 4) is 33.4 Å². The second-order valence-electron chi connectivity index (χ2n) is 7.24. The van der Waals surface area contributed by atoms with Gasteiger partial charge in [-0.3, -0.25) is 0 Å². The first kappa shape index (κ1) is 17.9. The van der Waals surface area contributed by atoms with Gasteiger partial charge in [0.15, 0.2) is 0 Å². The van der Waals surface area contributed by atoms with Crippen LogP contribution in [0.4, 0.5) is 0 Å². The zero-order valence-corrected chi connectivity index (χ0v) is 17.4. The lowest BCUT2D eigenvalue weighted by Crippen LogP contribution is -1.85. The Labute approximate surface area is 179 Å². The predicted molar refractivity (Wildman–Crippen MR) is 128 cm³/mol. The quantitative estimate of drug-likeness (QED) is 0.266. The van der Waals surface area contributed by atoms with Gasteiger partial charge in [-0.1, -0.05) is 101 Å². The molecule has 5 rings (SSSR count). The zero-order chi connectivity index (χ0) is 19.6. The van der Waals surface area contributed by atoms with Crippen molar-refractivity contribution < 1.29 is 0 Å². The summed E-state index contributed by atoms with van der Waals surface area (Å²) < 4.78 is 1.09. The van der Waals surface area contributed by atoms with E-state index in [9.17, 15) is 0 Å². The van der Waals surface area contributed by atoms with Gasteiger partial charge in [-0.25, -0.2) is 0 Å². The average molecular weight is 435 g/mol. The molecule has 0 aromatic heterocycles. The summed E-state index contributed by atoms with van der Waals surface area (Å²) >= 11 is 3.72. The summed E-state index contributed by atoms with van der Waals surface area (Å²) in [5.41, 5.74) is 7.33. The van der Waals surface area contributed by atoms with Crippen LogP contribution in [-0.2, 0) is 0 Å². The van der Waals surface area contributed by atoms with Gasteiger partial charge < -0.3 is 0 Å². The van der Waals surface area contributed by atoms with E-state index in [0.717, 1.165) is 4.47 Å². The SMILES string of the molecule is Brc1cc(-c2cccc(-c3ccccc3)c2)cc(-c2ccc3ccccc3c2)c1. The van der Waals surface area contributed by atoms with Crippen LogP contribution < -0.4 is 0 Å². The number of hydrogen-bond acceptors (Lipinski definition) is 0. The van der Waals surface area contributed by atoms with Crippen LogP contribution in [0.5, 0.6) is 0 Å². The first-order valence-corrected chi connectivity index (χ1v) is 10.5. The summed E-state index contributed by atoms with van der Waals surface area (Å²) in [6.45, 7) is 0. The van der Waals surface area contributed by atoms with Gasteiger partial charge in [0.25, 0.3) is 0 Å². The van der Waals surface area contributed by atoms with E-state index in [2.05, 4.69) is 131 Å². The Morgan fingerprint density at radius 3 is 1.66 bits per heavy atom.